The minimum atomic E-state index is -0.0871. The zero-order valence-corrected chi connectivity index (χ0v) is 19.0. The van der Waals surface area contributed by atoms with Gasteiger partial charge >= 0.3 is 0 Å². The molecule has 9 nitrogen and oxygen atoms in total. The SMILES string of the molecule is Cc1cc(C)c2cc(CN(Cc3ccco3)Cc3nnnn3CC3CCCO3)c(=O)[nH]c2c1. The van der Waals surface area contributed by atoms with Gasteiger partial charge < -0.3 is 14.1 Å². The van der Waals surface area contributed by atoms with Crippen LogP contribution < -0.4 is 5.56 Å². The summed E-state index contributed by atoms with van der Waals surface area (Å²) < 4.78 is 13.1. The molecule has 172 valence electrons. The number of benzene rings is 1. The molecule has 5 rings (SSSR count). The predicted octanol–water partition coefficient (Wildman–Crippen LogP) is 3.11. The summed E-state index contributed by atoms with van der Waals surface area (Å²) in [7, 11) is 0. The van der Waals surface area contributed by atoms with Crippen LogP contribution in [0.25, 0.3) is 10.9 Å². The number of rotatable bonds is 8. The number of nitrogens with zero attached hydrogens (tertiary/aromatic N) is 5. The van der Waals surface area contributed by atoms with Crippen molar-refractivity contribution in [1.29, 1.82) is 0 Å². The average molecular weight is 449 g/mol. The number of aromatic amines is 1. The Morgan fingerprint density at radius 2 is 2.12 bits per heavy atom. The summed E-state index contributed by atoms with van der Waals surface area (Å²) in [6.07, 6.45) is 3.88. The highest BCUT2D eigenvalue weighted by atomic mass is 16.5. The largest absolute Gasteiger partial charge is 0.468 e. The lowest BCUT2D eigenvalue weighted by Gasteiger charge is -2.21. The average Bonchev–Trinajstić information content (AvgIpc) is 3.54. The number of ether oxygens (including phenoxy) is 1. The van der Waals surface area contributed by atoms with Gasteiger partial charge in [-0.3, -0.25) is 9.69 Å². The third kappa shape index (κ3) is 4.89. The monoisotopic (exact) mass is 448 g/mol. The van der Waals surface area contributed by atoms with E-state index in [9.17, 15) is 4.79 Å². The number of hydrogen-bond acceptors (Lipinski definition) is 7. The quantitative estimate of drug-likeness (QED) is 0.442. The molecule has 33 heavy (non-hydrogen) atoms. The first kappa shape index (κ1) is 21.5. The van der Waals surface area contributed by atoms with Crippen LogP contribution in [0.4, 0.5) is 0 Å². The van der Waals surface area contributed by atoms with Gasteiger partial charge in [-0.2, -0.15) is 0 Å². The van der Waals surface area contributed by atoms with E-state index in [4.69, 9.17) is 9.15 Å². The minimum Gasteiger partial charge on any atom is -0.468 e. The molecule has 4 aromatic rings. The van der Waals surface area contributed by atoms with Gasteiger partial charge in [0, 0.05) is 29.6 Å². The Kier molecular flexibility index (Phi) is 6.06. The number of furan rings is 1. The van der Waals surface area contributed by atoms with Crippen LogP contribution in [0.1, 0.15) is 41.1 Å². The molecule has 0 saturated carbocycles. The van der Waals surface area contributed by atoms with Crippen LogP contribution in [0.15, 0.2) is 45.8 Å². The molecule has 1 fully saturated rings. The second kappa shape index (κ2) is 9.29. The molecule has 0 bridgehead atoms. The number of nitrogens with one attached hydrogen (secondary N) is 1. The van der Waals surface area contributed by atoms with E-state index in [1.54, 1.807) is 6.26 Å². The summed E-state index contributed by atoms with van der Waals surface area (Å²) in [6.45, 7) is 6.96. The van der Waals surface area contributed by atoms with Crippen molar-refractivity contribution in [3.8, 4) is 0 Å². The Balaban J connectivity index is 1.42. The first-order valence-electron chi connectivity index (χ1n) is 11.3. The van der Waals surface area contributed by atoms with E-state index < -0.39 is 0 Å². The topological polar surface area (TPSA) is 102 Å². The van der Waals surface area contributed by atoms with Crippen molar-refractivity contribution in [2.75, 3.05) is 6.61 Å². The fourth-order valence-corrected chi connectivity index (χ4v) is 4.52. The molecule has 0 amide bonds. The molecule has 3 aromatic heterocycles. The minimum absolute atomic E-state index is 0.0871. The molecule has 1 saturated heterocycles. The van der Waals surface area contributed by atoms with Gasteiger partial charge in [-0.25, -0.2) is 4.68 Å². The zero-order chi connectivity index (χ0) is 22.8. The van der Waals surface area contributed by atoms with Crippen LogP contribution in [0.5, 0.6) is 0 Å². The third-order valence-electron chi connectivity index (χ3n) is 6.11. The summed E-state index contributed by atoms with van der Waals surface area (Å²) >= 11 is 0. The van der Waals surface area contributed by atoms with Gasteiger partial charge in [0.05, 0.1) is 32.0 Å². The third-order valence-corrected chi connectivity index (χ3v) is 6.11. The van der Waals surface area contributed by atoms with E-state index in [0.29, 0.717) is 31.7 Å². The number of tetrazole rings is 1. The van der Waals surface area contributed by atoms with Gasteiger partial charge in [0.1, 0.15) is 5.76 Å². The highest BCUT2D eigenvalue weighted by molar-refractivity contribution is 5.83. The molecule has 1 N–H and O–H groups in total. The Hall–Kier alpha value is -3.30. The van der Waals surface area contributed by atoms with E-state index in [1.165, 1.54) is 0 Å². The Morgan fingerprint density at radius 1 is 1.21 bits per heavy atom. The number of hydrogen-bond donors (Lipinski definition) is 1. The Morgan fingerprint density at radius 3 is 2.91 bits per heavy atom. The van der Waals surface area contributed by atoms with Crippen LogP contribution >= 0.6 is 0 Å². The first-order chi connectivity index (χ1) is 16.0. The molecule has 1 atom stereocenters. The molecular weight excluding hydrogens is 420 g/mol. The van der Waals surface area contributed by atoms with Crippen LogP contribution in [-0.2, 0) is 30.9 Å². The highest BCUT2D eigenvalue weighted by Gasteiger charge is 2.21. The maximum absolute atomic E-state index is 12.9. The molecule has 0 spiro atoms. The molecule has 1 aromatic carbocycles. The van der Waals surface area contributed by atoms with Gasteiger partial charge in [-0.1, -0.05) is 6.07 Å². The number of aromatic nitrogens is 5. The van der Waals surface area contributed by atoms with E-state index in [-0.39, 0.29) is 11.7 Å². The molecule has 0 aliphatic carbocycles. The first-order valence-corrected chi connectivity index (χ1v) is 11.3. The molecule has 9 heteroatoms. The van der Waals surface area contributed by atoms with Crippen LogP contribution in [0.3, 0.4) is 0 Å². The zero-order valence-electron chi connectivity index (χ0n) is 19.0. The number of H-pyrrole nitrogens is 1. The lowest BCUT2D eigenvalue weighted by molar-refractivity contribution is 0.0913. The summed E-state index contributed by atoms with van der Waals surface area (Å²) in [6, 6.07) is 9.93. The van der Waals surface area contributed by atoms with Gasteiger partial charge in [-0.05, 0) is 72.5 Å². The van der Waals surface area contributed by atoms with E-state index in [0.717, 1.165) is 53.1 Å². The number of aryl methyl sites for hydroxylation is 2. The maximum atomic E-state index is 12.9. The van der Waals surface area contributed by atoms with Crippen molar-refractivity contribution in [2.45, 2.75) is 59.0 Å². The predicted molar refractivity (Wildman–Crippen MR) is 122 cm³/mol. The second-order valence-electron chi connectivity index (χ2n) is 8.80. The summed E-state index contributed by atoms with van der Waals surface area (Å²) in [4.78, 5) is 18.1. The molecule has 1 aliphatic heterocycles. The highest BCUT2D eigenvalue weighted by Crippen LogP contribution is 2.20. The van der Waals surface area contributed by atoms with Crippen molar-refractivity contribution < 1.29 is 9.15 Å². The fraction of sp³-hybridized carbons (Fsp3) is 0.417. The lowest BCUT2D eigenvalue weighted by Crippen LogP contribution is -2.28. The lowest BCUT2D eigenvalue weighted by atomic mass is 10.0. The van der Waals surface area contributed by atoms with Crippen molar-refractivity contribution in [2.24, 2.45) is 0 Å². The van der Waals surface area contributed by atoms with Crippen molar-refractivity contribution in [1.82, 2.24) is 30.1 Å². The smallest absolute Gasteiger partial charge is 0.252 e. The molecule has 0 radical (unpaired) electrons. The van der Waals surface area contributed by atoms with E-state index >= 15 is 0 Å². The van der Waals surface area contributed by atoms with Crippen molar-refractivity contribution in [3.05, 3.63) is 75.2 Å². The second-order valence-corrected chi connectivity index (χ2v) is 8.80. The van der Waals surface area contributed by atoms with Crippen LogP contribution in [0, 0.1) is 13.8 Å². The Bertz CT molecular complexity index is 1290. The van der Waals surface area contributed by atoms with Gasteiger partial charge in [0.25, 0.3) is 5.56 Å². The molecule has 1 unspecified atom stereocenters. The van der Waals surface area contributed by atoms with Crippen LogP contribution in [-0.4, -0.2) is 42.8 Å². The van der Waals surface area contributed by atoms with Gasteiger partial charge in [-0.15, -0.1) is 5.10 Å². The fourth-order valence-electron chi connectivity index (χ4n) is 4.52. The summed E-state index contributed by atoms with van der Waals surface area (Å²) in [5, 5.41) is 13.4. The number of pyridine rings is 1. The maximum Gasteiger partial charge on any atom is 0.252 e. The standard InChI is InChI=1S/C24H28N6O3/c1-16-9-17(2)21-11-18(24(31)25-22(21)10-16)12-29(13-19-5-3-7-32-19)15-23-26-27-28-30(23)14-20-6-4-8-33-20/h3,5,7,9-11,20H,4,6,8,12-15H2,1-2H3,(H,25,31). The Labute approximate surface area is 191 Å². The summed E-state index contributed by atoms with van der Waals surface area (Å²) in [5.41, 5.74) is 3.73. The molecular formula is C24H28N6O3. The van der Waals surface area contributed by atoms with Crippen molar-refractivity contribution >= 4 is 10.9 Å². The van der Waals surface area contributed by atoms with Crippen molar-refractivity contribution in [3.63, 3.8) is 0 Å². The van der Waals surface area contributed by atoms with Crippen LogP contribution in [0.2, 0.25) is 0 Å². The molecule has 1 aliphatic rings. The van der Waals surface area contributed by atoms with E-state index in [2.05, 4.69) is 38.4 Å². The molecule has 4 heterocycles. The normalized spacial score (nSPS) is 16.3. The van der Waals surface area contributed by atoms with Gasteiger partial charge in [0.2, 0.25) is 0 Å². The number of fused-ring (bicyclic) bond motifs is 1. The van der Waals surface area contributed by atoms with E-state index in [1.807, 2.05) is 35.9 Å². The summed E-state index contributed by atoms with van der Waals surface area (Å²) in [5.74, 6) is 1.55. The van der Waals surface area contributed by atoms with Gasteiger partial charge in [0.15, 0.2) is 5.82 Å².